The van der Waals surface area contributed by atoms with E-state index in [0.29, 0.717) is 17.5 Å². The summed E-state index contributed by atoms with van der Waals surface area (Å²) in [5.74, 6) is 2.05. The molecule has 1 N–H and O–H groups in total. The fraction of sp³-hybridized carbons (Fsp3) is 0.0192. The molecule has 0 aliphatic rings. The second-order valence-electron chi connectivity index (χ2n) is 14.6. The molecule has 6 heteroatoms. The molecule has 58 heavy (non-hydrogen) atoms. The molecule has 6 nitrogen and oxygen atoms in total. The van der Waals surface area contributed by atoms with Gasteiger partial charge in [0, 0.05) is 44.1 Å². The van der Waals surface area contributed by atoms with E-state index in [4.69, 9.17) is 19.4 Å². The number of aryl methyl sites for hydroxylation is 1. The van der Waals surface area contributed by atoms with Crippen LogP contribution in [0.2, 0.25) is 0 Å². The zero-order valence-electron chi connectivity index (χ0n) is 31.5. The molecule has 0 spiro atoms. The SMILES string of the molecule is Cc1ccccc1-c1ccc2c(c1O)c1cc(-c3ccc4oc5cccc(-c6nc(-c7ccccc7)nc(-c7ccccc7)n6)c5c4c3)ccc1n2-c1ccccc1. The smallest absolute Gasteiger partial charge is 0.164 e. The largest absolute Gasteiger partial charge is 0.507 e. The number of hydrogen-bond acceptors (Lipinski definition) is 5. The van der Waals surface area contributed by atoms with E-state index in [1.165, 1.54) is 0 Å². The third-order valence-electron chi connectivity index (χ3n) is 11.1. The lowest BCUT2D eigenvalue weighted by molar-refractivity contribution is 0.484. The molecule has 3 aromatic heterocycles. The molecule has 0 bridgehead atoms. The number of phenols is 1. The van der Waals surface area contributed by atoms with E-state index in [1.807, 2.05) is 115 Å². The summed E-state index contributed by atoms with van der Waals surface area (Å²) < 4.78 is 8.72. The van der Waals surface area contributed by atoms with Crippen molar-refractivity contribution >= 4 is 43.7 Å². The van der Waals surface area contributed by atoms with Gasteiger partial charge in [0.25, 0.3) is 0 Å². The number of aromatic nitrogens is 4. The van der Waals surface area contributed by atoms with E-state index >= 15 is 0 Å². The van der Waals surface area contributed by atoms with Crippen molar-refractivity contribution in [2.24, 2.45) is 0 Å². The van der Waals surface area contributed by atoms with Crippen LogP contribution in [0, 0.1) is 6.92 Å². The van der Waals surface area contributed by atoms with Crippen LogP contribution in [0.15, 0.2) is 186 Å². The molecule has 0 aliphatic carbocycles. The summed E-state index contributed by atoms with van der Waals surface area (Å²) in [7, 11) is 0. The molecule has 8 aromatic carbocycles. The van der Waals surface area contributed by atoms with Crippen molar-refractivity contribution in [1.82, 2.24) is 19.5 Å². The number of hydrogen-bond donors (Lipinski definition) is 1. The van der Waals surface area contributed by atoms with Gasteiger partial charge < -0.3 is 14.1 Å². The van der Waals surface area contributed by atoms with Crippen molar-refractivity contribution in [2.75, 3.05) is 0 Å². The molecule has 3 heterocycles. The standard InChI is InChI=1S/C52H34N4O2/c1-32-14-11-12-21-38(32)39-26-28-44-48(49(39)57)41-30-35(24-27-43(41)56(44)37-19-9-4-10-20-37)36-25-29-45-42(31-36)47-40(22-13-23-46(47)58-45)52-54-50(33-15-5-2-6-16-33)53-51(55-52)34-17-7-3-8-18-34/h2-31,57H,1H3. The van der Waals surface area contributed by atoms with Crippen LogP contribution < -0.4 is 0 Å². The van der Waals surface area contributed by atoms with Gasteiger partial charge >= 0.3 is 0 Å². The van der Waals surface area contributed by atoms with E-state index in [1.54, 1.807) is 0 Å². The molecule has 11 rings (SSSR count). The highest BCUT2D eigenvalue weighted by Crippen LogP contribution is 2.45. The fourth-order valence-electron chi connectivity index (χ4n) is 8.34. The molecule has 0 radical (unpaired) electrons. The van der Waals surface area contributed by atoms with Crippen LogP contribution in [0.4, 0.5) is 0 Å². The van der Waals surface area contributed by atoms with E-state index in [2.05, 4.69) is 78.2 Å². The van der Waals surface area contributed by atoms with Crippen molar-refractivity contribution in [2.45, 2.75) is 6.92 Å². The maximum atomic E-state index is 12.2. The van der Waals surface area contributed by atoms with Crippen molar-refractivity contribution < 1.29 is 9.52 Å². The molecular weight excluding hydrogens is 713 g/mol. The predicted octanol–water partition coefficient (Wildman–Crippen LogP) is 13.2. The van der Waals surface area contributed by atoms with Crippen LogP contribution in [-0.4, -0.2) is 24.6 Å². The molecule has 0 saturated heterocycles. The summed E-state index contributed by atoms with van der Waals surface area (Å²) in [6.45, 7) is 2.08. The number of phenolic OH excluding ortho intramolecular Hbond substituents is 1. The number of furan rings is 1. The molecule has 0 aliphatic heterocycles. The molecule has 11 aromatic rings. The first-order chi connectivity index (χ1) is 28.6. The lowest BCUT2D eigenvalue weighted by Crippen LogP contribution is -2.00. The third kappa shape index (κ3) is 5.46. The first-order valence-electron chi connectivity index (χ1n) is 19.3. The molecule has 0 amide bonds. The van der Waals surface area contributed by atoms with Gasteiger partial charge in [-0.2, -0.15) is 0 Å². The van der Waals surface area contributed by atoms with Gasteiger partial charge in [0.15, 0.2) is 17.5 Å². The summed E-state index contributed by atoms with van der Waals surface area (Å²) in [6.07, 6.45) is 0. The summed E-state index contributed by atoms with van der Waals surface area (Å²) in [5.41, 5.74) is 12.2. The number of nitrogens with zero attached hydrogens (tertiary/aromatic N) is 4. The molecular formula is C52H34N4O2. The Morgan fingerprint density at radius 1 is 0.431 bits per heavy atom. The zero-order valence-corrected chi connectivity index (χ0v) is 31.5. The first kappa shape index (κ1) is 33.5. The summed E-state index contributed by atoms with van der Waals surface area (Å²) in [5, 5.41) is 15.8. The number of benzene rings is 8. The Labute approximate surface area is 334 Å². The Bertz CT molecular complexity index is 3290. The van der Waals surface area contributed by atoms with Crippen molar-refractivity contribution in [3.05, 3.63) is 188 Å². The van der Waals surface area contributed by atoms with Crippen molar-refractivity contribution in [3.63, 3.8) is 0 Å². The maximum absolute atomic E-state index is 12.2. The minimum Gasteiger partial charge on any atom is -0.507 e. The Balaban J connectivity index is 1.12. The van der Waals surface area contributed by atoms with E-state index < -0.39 is 0 Å². The average Bonchev–Trinajstić information content (AvgIpc) is 3.83. The molecule has 274 valence electrons. The van der Waals surface area contributed by atoms with Gasteiger partial charge in [-0.05, 0) is 83.8 Å². The van der Waals surface area contributed by atoms with E-state index in [-0.39, 0.29) is 5.75 Å². The quantitative estimate of drug-likeness (QED) is 0.183. The molecule has 0 atom stereocenters. The summed E-state index contributed by atoms with van der Waals surface area (Å²) in [6, 6.07) is 61.6. The van der Waals surface area contributed by atoms with Crippen LogP contribution >= 0.6 is 0 Å². The van der Waals surface area contributed by atoms with Gasteiger partial charge in [0.1, 0.15) is 16.9 Å². The Hall–Kier alpha value is -7.83. The highest BCUT2D eigenvalue weighted by molar-refractivity contribution is 6.16. The van der Waals surface area contributed by atoms with E-state index in [9.17, 15) is 5.11 Å². The summed E-state index contributed by atoms with van der Waals surface area (Å²) >= 11 is 0. The Morgan fingerprint density at radius 3 is 1.72 bits per heavy atom. The molecule has 0 fully saturated rings. The topological polar surface area (TPSA) is 77.0 Å². The monoisotopic (exact) mass is 746 g/mol. The minimum atomic E-state index is 0.270. The number of rotatable bonds is 6. The van der Waals surface area contributed by atoms with Gasteiger partial charge in [-0.15, -0.1) is 0 Å². The van der Waals surface area contributed by atoms with Gasteiger partial charge in [-0.25, -0.2) is 15.0 Å². The second-order valence-corrected chi connectivity index (χ2v) is 14.6. The molecule has 0 unspecified atom stereocenters. The Kier molecular flexibility index (Phi) is 7.76. The number of fused-ring (bicyclic) bond motifs is 6. The van der Waals surface area contributed by atoms with Crippen molar-refractivity contribution in [3.8, 4) is 67.9 Å². The summed E-state index contributed by atoms with van der Waals surface area (Å²) in [4.78, 5) is 15.0. The predicted molar refractivity (Wildman–Crippen MR) is 235 cm³/mol. The van der Waals surface area contributed by atoms with Crippen LogP contribution in [0.1, 0.15) is 5.56 Å². The number of para-hydroxylation sites is 1. The lowest BCUT2D eigenvalue weighted by atomic mass is 9.96. The minimum absolute atomic E-state index is 0.270. The maximum Gasteiger partial charge on any atom is 0.164 e. The van der Waals surface area contributed by atoms with Gasteiger partial charge in [-0.1, -0.05) is 127 Å². The highest BCUT2D eigenvalue weighted by atomic mass is 16.3. The van der Waals surface area contributed by atoms with Gasteiger partial charge in [0.05, 0.1) is 16.4 Å². The fourth-order valence-corrected chi connectivity index (χ4v) is 8.34. The van der Waals surface area contributed by atoms with Gasteiger partial charge in [-0.3, -0.25) is 0 Å². The van der Waals surface area contributed by atoms with E-state index in [0.717, 1.165) is 93.9 Å². The lowest BCUT2D eigenvalue weighted by Gasteiger charge is -2.11. The van der Waals surface area contributed by atoms with Crippen LogP contribution in [0.3, 0.4) is 0 Å². The number of aromatic hydroxyl groups is 1. The highest BCUT2D eigenvalue weighted by Gasteiger charge is 2.21. The van der Waals surface area contributed by atoms with Crippen LogP contribution in [0.5, 0.6) is 5.75 Å². The Morgan fingerprint density at radius 2 is 1.02 bits per heavy atom. The zero-order chi connectivity index (χ0) is 38.7. The third-order valence-corrected chi connectivity index (χ3v) is 11.1. The van der Waals surface area contributed by atoms with Crippen LogP contribution in [-0.2, 0) is 0 Å². The van der Waals surface area contributed by atoms with Crippen molar-refractivity contribution in [1.29, 1.82) is 0 Å². The first-order valence-corrected chi connectivity index (χ1v) is 19.3. The molecule has 0 saturated carbocycles. The second kappa shape index (κ2) is 13.4. The van der Waals surface area contributed by atoms with Gasteiger partial charge in [0.2, 0.25) is 0 Å². The normalized spacial score (nSPS) is 11.6. The van der Waals surface area contributed by atoms with Crippen LogP contribution in [0.25, 0.3) is 106 Å². The average molecular weight is 747 g/mol.